The number of urea groups is 1. The molecule has 0 bridgehead atoms. The second kappa shape index (κ2) is 9.13. The van der Waals surface area contributed by atoms with Crippen molar-refractivity contribution in [2.24, 2.45) is 5.92 Å². The lowest BCUT2D eigenvalue weighted by Crippen LogP contribution is -2.43. The van der Waals surface area contributed by atoms with Gasteiger partial charge in [-0.15, -0.1) is 11.8 Å². The Morgan fingerprint density at radius 3 is 2.67 bits per heavy atom. The van der Waals surface area contributed by atoms with Crippen molar-refractivity contribution in [3.8, 4) is 0 Å². The topological polar surface area (TPSA) is 61.4 Å². The lowest BCUT2D eigenvalue weighted by Gasteiger charge is -2.30. The quantitative estimate of drug-likeness (QED) is 0.698. The summed E-state index contributed by atoms with van der Waals surface area (Å²) in [5.41, 5.74) is 3.86. The summed E-state index contributed by atoms with van der Waals surface area (Å²) in [4.78, 5) is 28.1. The van der Waals surface area contributed by atoms with Gasteiger partial charge in [-0.05, 0) is 49.4 Å². The number of hydrogen-bond acceptors (Lipinski definition) is 3. The van der Waals surface area contributed by atoms with E-state index in [2.05, 4.69) is 48.7 Å². The number of anilines is 2. The fraction of sp³-hybridized carbons (Fsp3) is 0.417. The smallest absolute Gasteiger partial charge is 0.319 e. The van der Waals surface area contributed by atoms with E-state index >= 15 is 0 Å². The Balaban J connectivity index is 1.49. The van der Waals surface area contributed by atoms with E-state index in [1.54, 1.807) is 11.8 Å². The molecule has 30 heavy (non-hydrogen) atoms. The Labute approximate surface area is 182 Å². The lowest BCUT2D eigenvalue weighted by molar-refractivity contribution is -0.116. The van der Waals surface area contributed by atoms with Crippen molar-refractivity contribution in [2.45, 2.75) is 57.0 Å². The summed E-state index contributed by atoms with van der Waals surface area (Å²) in [7, 11) is 0. The van der Waals surface area contributed by atoms with Crippen LogP contribution in [0.4, 0.5) is 16.2 Å². The second-order valence-corrected chi connectivity index (χ2v) is 9.42. The maximum Gasteiger partial charge on any atom is 0.319 e. The predicted molar refractivity (Wildman–Crippen MR) is 123 cm³/mol. The van der Waals surface area contributed by atoms with Gasteiger partial charge in [0, 0.05) is 16.6 Å². The molecule has 1 aliphatic heterocycles. The van der Waals surface area contributed by atoms with Gasteiger partial charge in [0.2, 0.25) is 5.91 Å². The number of rotatable bonds is 4. The maximum absolute atomic E-state index is 12.7. The number of aryl methyl sites for hydroxylation is 1. The fourth-order valence-electron chi connectivity index (χ4n) is 4.20. The van der Waals surface area contributed by atoms with E-state index in [4.69, 9.17) is 0 Å². The van der Waals surface area contributed by atoms with Crippen molar-refractivity contribution < 1.29 is 9.59 Å². The molecular weight excluding hydrogens is 394 g/mol. The van der Waals surface area contributed by atoms with E-state index in [1.165, 1.54) is 18.4 Å². The van der Waals surface area contributed by atoms with Crippen LogP contribution in [-0.2, 0) is 11.3 Å². The molecular formula is C24H29N3O2S. The SMILES string of the molecule is Cc1ccc(CN2C(=O)CSc3ccc(NC(=O)N[C@@H]4CCCC[C@H]4C)cc32)cc1. The zero-order valence-electron chi connectivity index (χ0n) is 17.6. The molecule has 0 radical (unpaired) electrons. The van der Waals surface area contributed by atoms with Gasteiger partial charge in [-0.3, -0.25) is 4.79 Å². The first-order chi connectivity index (χ1) is 14.5. The van der Waals surface area contributed by atoms with Crippen LogP contribution in [0.2, 0.25) is 0 Å². The van der Waals surface area contributed by atoms with Crippen LogP contribution in [0.1, 0.15) is 43.7 Å². The molecule has 2 aromatic rings. The summed E-state index contributed by atoms with van der Waals surface area (Å²) in [6.07, 6.45) is 4.61. The van der Waals surface area contributed by atoms with Gasteiger partial charge in [-0.1, -0.05) is 49.6 Å². The molecule has 2 atom stereocenters. The summed E-state index contributed by atoms with van der Waals surface area (Å²) < 4.78 is 0. The number of carbonyl (C=O) groups is 2. The Morgan fingerprint density at radius 1 is 1.13 bits per heavy atom. The second-order valence-electron chi connectivity index (χ2n) is 8.40. The molecule has 0 saturated heterocycles. The molecule has 2 aliphatic rings. The van der Waals surface area contributed by atoms with E-state index in [0.717, 1.165) is 29.0 Å². The predicted octanol–water partition coefficient (Wildman–Crippen LogP) is 5.33. The molecule has 1 saturated carbocycles. The van der Waals surface area contributed by atoms with Gasteiger partial charge >= 0.3 is 6.03 Å². The van der Waals surface area contributed by atoms with Gasteiger partial charge in [-0.2, -0.15) is 0 Å². The average molecular weight is 424 g/mol. The van der Waals surface area contributed by atoms with E-state index < -0.39 is 0 Å². The monoisotopic (exact) mass is 423 g/mol. The lowest BCUT2D eigenvalue weighted by atomic mass is 9.86. The molecule has 2 aromatic carbocycles. The zero-order chi connectivity index (χ0) is 21.1. The standard InChI is InChI=1S/C24H29N3O2S/c1-16-7-9-18(10-8-16)14-27-21-13-19(11-12-22(21)30-15-23(27)28)25-24(29)26-20-6-4-3-5-17(20)2/h7-13,17,20H,3-6,14-15H2,1-2H3,(H2,25,26,29)/t17-,20-/m1/s1. The van der Waals surface area contributed by atoms with Gasteiger partial charge in [0.05, 0.1) is 18.0 Å². The number of nitrogens with one attached hydrogen (secondary N) is 2. The molecule has 6 heteroatoms. The van der Waals surface area contributed by atoms with Crippen LogP contribution < -0.4 is 15.5 Å². The van der Waals surface area contributed by atoms with Crippen LogP contribution in [0.3, 0.4) is 0 Å². The van der Waals surface area contributed by atoms with E-state index in [-0.39, 0.29) is 18.0 Å². The first-order valence-electron chi connectivity index (χ1n) is 10.7. The minimum atomic E-state index is -0.173. The van der Waals surface area contributed by atoms with Crippen molar-refractivity contribution in [1.82, 2.24) is 5.32 Å². The number of hydrogen-bond donors (Lipinski definition) is 2. The molecule has 1 aliphatic carbocycles. The Morgan fingerprint density at radius 2 is 1.90 bits per heavy atom. The first-order valence-corrected chi connectivity index (χ1v) is 11.7. The third-order valence-corrected chi connectivity index (χ3v) is 7.10. The van der Waals surface area contributed by atoms with Crippen LogP contribution in [0.15, 0.2) is 47.4 Å². The van der Waals surface area contributed by atoms with Gasteiger partial charge in [-0.25, -0.2) is 4.79 Å². The van der Waals surface area contributed by atoms with Crippen molar-refractivity contribution in [3.05, 3.63) is 53.6 Å². The molecule has 1 fully saturated rings. The molecule has 0 spiro atoms. The summed E-state index contributed by atoms with van der Waals surface area (Å²) in [5.74, 6) is 1.03. The zero-order valence-corrected chi connectivity index (χ0v) is 18.4. The van der Waals surface area contributed by atoms with Crippen molar-refractivity contribution in [3.63, 3.8) is 0 Å². The number of nitrogens with zero attached hydrogens (tertiary/aromatic N) is 1. The molecule has 0 aromatic heterocycles. The van der Waals surface area contributed by atoms with E-state index in [1.807, 2.05) is 23.1 Å². The molecule has 2 N–H and O–H groups in total. The van der Waals surface area contributed by atoms with Crippen molar-refractivity contribution in [2.75, 3.05) is 16.0 Å². The van der Waals surface area contributed by atoms with Crippen molar-refractivity contribution in [1.29, 1.82) is 0 Å². The number of fused-ring (bicyclic) bond motifs is 1. The number of benzene rings is 2. The molecule has 4 rings (SSSR count). The third-order valence-electron chi connectivity index (χ3n) is 6.05. The minimum absolute atomic E-state index is 0.0886. The van der Waals surface area contributed by atoms with Gasteiger partial charge < -0.3 is 15.5 Å². The van der Waals surface area contributed by atoms with Crippen LogP contribution in [0.5, 0.6) is 0 Å². The minimum Gasteiger partial charge on any atom is -0.335 e. The average Bonchev–Trinajstić information content (AvgIpc) is 2.73. The molecule has 158 valence electrons. The van der Waals surface area contributed by atoms with E-state index in [9.17, 15) is 9.59 Å². The largest absolute Gasteiger partial charge is 0.335 e. The van der Waals surface area contributed by atoms with Gasteiger partial charge in [0.25, 0.3) is 0 Å². The summed E-state index contributed by atoms with van der Waals surface area (Å²) in [6, 6.07) is 14.1. The maximum atomic E-state index is 12.7. The first kappa shape index (κ1) is 20.8. The Hall–Kier alpha value is -2.47. The van der Waals surface area contributed by atoms with Crippen LogP contribution in [0.25, 0.3) is 0 Å². The Kier molecular flexibility index (Phi) is 6.32. The third kappa shape index (κ3) is 4.81. The van der Waals surface area contributed by atoms with Crippen molar-refractivity contribution >= 4 is 35.1 Å². The summed E-state index contributed by atoms with van der Waals surface area (Å²) >= 11 is 1.55. The summed E-state index contributed by atoms with van der Waals surface area (Å²) in [5, 5.41) is 6.10. The highest BCUT2D eigenvalue weighted by Crippen LogP contribution is 2.38. The highest BCUT2D eigenvalue weighted by molar-refractivity contribution is 8.00. The highest BCUT2D eigenvalue weighted by Gasteiger charge is 2.26. The van der Waals surface area contributed by atoms with E-state index in [0.29, 0.717) is 23.9 Å². The van der Waals surface area contributed by atoms with Crippen LogP contribution in [0, 0.1) is 12.8 Å². The molecule has 1 heterocycles. The van der Waals surface area contributed by atoms with Crippen LogP contribution >= 0.6 is 11.8 Å². The molecule has 0 unspecified atom stereocenters. The van der Waals surface area contributed by atoms with Gasteiger partial charge in [0.15, 0.2) is 0 Å². The number of amides is 3. The Bertz CT molecular complexity index is 929. The fourth-order valence-corrected chi connectivity index (χ4v) is 5.11. The molecule has 5 nitrogen and oxygen atoms in total. The molecule has 3 amide bonds. The normalized spacial score (nSPS) is 21.1. The summed E-state index contributed by atoms with van der Waals surface area (Å²) in [6.45, 7) is 4.79. The number of carbonyl (C=O) groups excluding carboxylic acids is 2. The van der Waals surface area contributed by atoms with Crippen LogP contribution in [-0.4, -0.2) is 23.7 Å². The highest BCUT2D eigenvalue weighted by atomic mass is 32.2. The van der Waals surface area contributed by atoms with Gasteiger partial charge in [0.1, 0.15) is 0 Å². The number of thioether (sulfide) groups is 1.